The Morgan fingerprint density at radius 3 is 3.16 bits per heavy atom. The first-order chi connectivity index (χ1) is 9.16. The number of aliphatic carboxylic acids is 1. The van der Waals surface area contributed by atoms with E-state index in [1.54, 1.807) is 0 Å². The Hall–Kier alpha value is -1.08. The smallest absolute Gasteiger partial charge is 0.303 e. The maximum Gasteiger partial charge on any atom is 0.303 e. The van der Waals surface area contributed by atoms with Crippen molar-refractivity contribution >= 4 is 17.7 Å². The van der Waals surface area contributed by atoms with Crippen LogP contribution < -0.4 is 0 Å². The molecular formula is C12H19N3O3S. The zero-order chi connectivity index (χ0) is 13.7. The second-order valence-electron chi connectivity index (χ2n) is 4.72. The van der Waals surface area contributed by atoms with E-state index in [9.17, 15) is 4.79 Å². The lowest BCUT2D eigenvalue weighted by Gasteiger charge is -2.29. The summed E-state index contributed by atoms with van der Waals surface area (Å²) in [5.74, 6) is 2.75. The van der Waals surface area contributed by atoms with Crippen molar-refractivity contribution in [1.29, 1.82) is 0 Å². The van der Waals surface area contributed by atoms with Gasteiger partial charge in [0.2, 0.25) is 5.89 Å². The van der Waals surface area contributed by atoms with Crippen LogP contribution in [0, 0.1) is 0 Å². The number of thioether (sulfide) groups is 1. The standard InChI is InChI=1S/C12H19N3O3S/c1-15-6-7-19-8-9(15)12-13-10(18-14-12)4-2-3-5-11(16)17/h9H,2-8H2,1H3,(H,16,17). The van der Waals surface area contributed by atoms with Gasteiger partial charge in [-0.05, 0) is 19.9 Å². The van der Waals surface area contributed by atoms with Gasteiger partial charge in [0.1, 0.15) is 0 Å². The fraction of sp³-hybridized carbons (Fsp3) is 0.750. The van der Waals surface area contributed by atoms with Crippen LogP contribution in [0.5, 0.6) is 0 Å². The van der Waals surface area contributed by atoms with Gasteiger partial charge < -0.3 is 9.63 Å². The lowest BCUT2D eigenvalue weighted by Crippen LogP contribution is -2.33. The highest BCUT2D eigenvalue weighted by Crippen LogP contribution is 2.26. The SMILES string of the molecule is CN1CCSCC1c1noc(CCCCC(=O)O)n1. The van der Waals surface area contributed by atoms with E-state index in [4.69, 9.17) is 9.63 Å². The first kappa shape index (κ1) is 14.3. The molecule has 1 aromatic heterocycles. The molecule has 2 rings (SSSR count). The molecule has 1 fully saturated rings. The predicted octanol–water partition coefficient (Wildman–Crippen LogP) is 1.59. The van der Waals surface area contributed by atoms with Gasteiger partial charge in [-0.1, -0.05) is 5.16 Å². The van der Waals surface area contributed by atoms with Crippen LogP contribution in [0.25, 0.3) is 0 Å². The number of nitrogens with zero attached hydrogens (tertiary/aromatic N) is 3. The molecule has 1 atom stereocenters. The quantitative estimate of drug-likeness (QED) is 0.795. The molecule has 19 heavy (non-hydrogen) atoms. The Morgan fingerprint density at radius 2 is 2.42 bits per heavy atom. The summed E-state index contributed by atoms with van der Waals surface area (Å²) in [5, 5.41) is 12.6. The Kier molecular flexibility index (Phi) is 5.21. The van der Waals surface area contributed by atoms with Crippen LogP contribution in [-0.4, -0.2) is 51.2 Å². The second kappa shape index (κ2) is 6.91. The minimum atomic E-state index is -0.757. The molecule has 7 heteroatoms. The summed E-state index contributed by atoms with van der Waals surface area (Å²) in [6.07, 6.45) is 2.27. The van der Waals surface area contributed by atoms with Crippen molar-refractivity contribution in [1.82, 2.24) is 15.0 Å². The fourth-order valence-corrected chi connectivity index (χ4v) is 3.23. The summed E-state index contributed by atoms with van der Waals surface area (Å²) in [5.41, 5.74) is 0. The molecule has 106 valence electrons. The third kappa shape index (κ3) is 4.21. The number of unbranched alkanes of at least 4 members (excludes halogenated alkanes) is 1. The van der Waals surface area contributed by atoms with Crippen molar-refractivity contribution in [3.63, 3.8) is 0 Å². The Balaban J connectivity index is 1.82. The summed E-state index contributed by atoms with van der Waals surface area (Å²) in [4.78, 5) is 17.1. The maximum absolute atomic E-state index is 10.4. The van der Waals surface area contributed by atoms with Gasteiger partial charge in [0, 0.05) is 30.9 Å². The number of rotatable bonds is 6. The second-order valence-corrected chi connectivity index (χ2v) is 5.87. The maximum atomic E-state index is 10.4. The molecule has 1 saturated heterocycles. The highest BCUT2D eigenvalue weighted by atomic mass is 32.2. The van der Waals surface area contributed by atoms with Crippen molar-refractivity contribution < 1.29 is 14.4 Å². The molecule has 1 unspecified atom stereocenters. The molecule has 0 amide bonds. The van der Waals surface area contributed by atoms with E-state index in [2.05, 4.69) is 22.1 Å². The Labute approximate surface area is 116 Å². The number of aromatic nitrogens is 2. The Morgan fingerprint density at radius 1 is 1.58 bits per heavy atom. The van der Waals surface area contributed by atoms with Gasteiger partial charge in [-0.2, -0.15) is 16.7 Å². The lowest BCUT2D eigenvalue weighted by atomic mass is 10.2. The number of carboxylic acid groups (broad SMARTS) is 1. The van der Waals surface area contributed by atoms with Crippen LogP contribution in [-0.2, 0) is 11.2 Å². The van der Waals surface area contributed by atoms with E-state index in [0.29, 0.717) is 18.7 Å². The first-order valence-corrected chi connectivity index (χ1v) is 7.64. The molecule has 2 heterocycles. The number of carbonyl (C=O) groups is 1. The molecule has 1 N–H and O–H groups in total. The summed E-state index contributed by atoms with van der Waals surface area (Å²) in [6, 6.07) is 0.232. The van der Waals surface area contributed by atoms with Gasteiger partial charge in [-0.25, -0.2) is 0 Å². The average molecular weight is 285 g/mol. The molecule has 6 nitrogen and oxygen atoms in total. The molecule has 0 spiro atoms. The lowest BCUT2D eigenvalue weighted by molar-refractivity contribution is -0.137. The number of hydrogen-bond acceptors (Lipinski definition) is 6. The van der Waals surface area contributed by atoms with Gasteiger partial charge in [-0.15, -0.1) is 0 Å². The van der Waals surface area contributed by atoms with Crippen LogP contribution in [0.2, 0.25) is 0 Å². The molecule has 0 bridgehead atoms. The van der Waals surface area contributed by atoms with Crippen molar-refractivity contribution in [3.8, 4) is 0 Å². The number of carboxylic acids is 1. The third-order valence-corrected chi connectivity index (χ3v) is 4.23. The zero-order valence-electron chi connectivity index (χ0n) is 11.0. The van der Waals surface area contributed by atoms with Crippen molar-refractivity contribution in [2.24, 2.45) is 0 Å². The predicted molar refractivity (Wildman–Crippen MR) is 72.2 cm³/mol. The van der Waals surface area contributed by atoms with E-state index in [0.717, 1.165) is 30.3 Å². The van der Waals surface area contributed by atoms with Crippen molar-refractivity contribution in [3.05, 3.63) is 11.7 Å². The monoisotopic (exact) mass is 285 g/mol. The van der Waals surface area contributed by atoms with Crippen LogP contribution in [0.15, 0.2) is 4.52 Å². The van der Waals surface area contributed by atoms with E-state index in [-0.39, 0.29) is 12.5 Å². The van der Waals surface area contributed by atoms with Crippen LogP contribution in [0.4, 0.5) is 0 Å². The zero-order valence-corrected chi connectivity index (χ0v) is 11.9. The van der Waals surface area contributed by atoms with Gasteiger partial charge in [0.05, 0.1) is 6.04 Å². The first-order valence-electron chi connectivity index (χ1n) is 6.49. The highest BCUT2D eigenvalue weighted by molar-refractivity contribution is 7.99. The molecule has 1 aliphatic heterocycles. The molecule has 0 radical (unpaired) electrons. The van der Waals surface area contributed by atoms with Gasteiger partial charge in [0.15, 0.2) is 5.82 Å². The minimum absolute atomic E-state index is 0.197. The molecule has 1 aliphatic rings. The largest absolute Gasteiger partial charge is 0.481 e. The van der Waals surface area contributed by atoms with Crippen LogP contribution >= 0.6 is 11.8 Å². The van der Waals surface area contributed by atoms with E-state index in [1.165, 1.54) is 0 Å². The van der Waals surface area contributed by atoms with Crippen LogP contribution in [0.3, 0.4) is 0 Å². The minimum Gasteiger partial charge on any atom is -0.481 e. The topological polar surface area (TPSA) is 79.5 Å². The number of aryl methyl sites for hydroxylation is 1. The van der Waals surface area contributed by atoms with Gasteiger partial charge in [0.25, 0.3) is 0 Å². The average Bonchev–Trinajstić information content (AvgIpc) is 2.83. The van der Waals surface area contributed by atoms with Crippen LogP contribution in [0.1, 0.15) is 37.0 Å². The summed E-state index contributed by atoms with van der Waals surface area (Å²) >= 11 is 1.91. The van der Waals surface area contributed by atoms with E-state index < -0.39 is 5.97 Å². The molecular weight excluding hydrogens is 266 g/mol. The van der Waals surface area contributed by atoms with E-state index >= 15 is 0 Å². The Bertz CT molecular complexity index is 424. The number of hydrogen-bond donors (Lipinski definition) is 1. The summed E-state index contributed by atoms with van der Waals surface area (Å²) in [6.45, 7) is 1.04. The molecule has 1 aromatic rings. The molecule has 0 aromatic carbocycles. The van der Waals surface area contributed by atoms with E-state index in [1.807, 2.05) is 11.8 Å². The van der Waals surface area contributed by atoms with Crippen molar-refractivity contribution in [2.75, 3.05) is 25.1 Å². The van der Waals surface area contributed by atoms with Crippen molar-refractivity contribution in [2.45, 2.75) is 31.7 Å². The molecule has 0 saturated carbocycles. The summed E-state index contributed by atoms with van der Waals surface area (Å²) in [7, 11) is 2.08. The third-order valence-electron chi connectivity index (χ3n) is 3.21. The van der Waals surface area contributed by atoms with Gasteiger partial charge >= 0.3 is 5.97 Å². The highest BCUT2D eigenvalue weighted by Gasteiger charge is 2.25. The van der Waals surface area contributed by atoms with Gasteiger partial charge in [-0.3, -0.25) is 9.69 Å². The summed E-state index contributed by atoms with van der Waals surface area (Å²) < 4.78 is 5.23. The molecule has 0 aliphatic carbocycles. The fourth-order valence-electron chi connectivity index (χ4n) is 2.02. The normalized spacial score (nSPS) is 20.6.